The minimum Gasteiger partial charge on any atom is -0.491 e. The minimum absolute atomic E-state index is 0.0897. The summed E-state index contributed by atoms with van der Waals surface area (Å²) in [6.45, 7) is 5.05. The van der Waals surface area contributed by atoms with E-state index in [9.17, 15) is 9.59 Å². The molecule has 2 N–H and O–H groups in total. The number of benzene rings is 1. The fraction of sp³-hybridized carbons (Fsp3) is 0.474. The number of carbonyl (C=O) groups is 1. The van der Waals surface area contributed by atoms with Crippen LogP contribution in [0.1, 0.15) is 32.4 Å². The molecule has 0 aliphatic heterocycles. The zero-order chi connectivity index (χ0) is 19.6. The number of aromatic amines is 1. The number of ether oxygens (including phenoxy) is 2. The number of rotatable bonds is 10. The van der Waals surface area contributed by atoms with Crippen molar-refractivity contribution in [3.05, 3.63) is 40.3 Å². The molecule has 1 aromatic heterocycles. The fourth-order valence-corrected chi connectivity index (χ4v) is 2.38. The quantitative estimate of drug-likeness (QED) is 0.613. The minimum atomic E-state index is -0.338. The summed E-state index contributed by atoms with van der Waals surface area (Å²) in [6, 6.07) is 7.25. The van der Waals surface area contributed by atoms with Gasteiger partial charge in [0.25, 0.3) is 5.56 Å². The van der Waals surface area contributed by atoms with E-state index in [0.29, 0.717) is 19.0 Å². The summed E-state index contributed by atoms with van der Waals surface area (Å²) in [5.41, 5.74) is 0.637. The molecule has 8 nitrogen and oxygen atoms in total. The molecule has 1 aromatic carbocycles. The summed E-state index contributed by atoms with van der Waals surface area (Å²) in [6.07, 6.45) is 1.26. The lowest BCUT2D eigenvalue weighted by molar-refractivity contribution is -0.121. The van der Waals surface area contributed by atoms with Crippen molar-refractivity contribution >= 4 is 5.91 Å². The highest BCUT2D eigenvalue weighted by Crippen LogP contribution is 2.19. The van der Waals surface area contributed by atoms with Crippen molar-refractivity contribution in [3.8, 4) is 17.1 Å². The molecule has 146 valence electrons. The van der Waals surface area contributed by atoms with Gasteiger partial charge in [-0.05, 0) is 44.5 Å². The highest BCUT2D eigenvalue weighted by atomic mass is 16.5. The Bertz CT molecular complexity index is 787. The van der Waals surface area contributed by atoms with Crippen LogP contribution in [0.25, 0.3) is 11.4 Å². The Hall–Kier alpha value is -2.74. The van der Waals surface area contributed by atoms with Crippen molar-refractivity contribution in [2.45, 2.75) is 39.2 Å². The molecule has 8 heteroatoms. The molecule has 0 aliphatic carbocycles. The van der Waals surface area contributed by atoms with Crippen LogP contribution in [-0.4, -0.2) is 47.5 Å². The molecular formula is C19H26N4O4. The second kappa shape index (κ2) is 10.4. The SMILES string of the molecule is COCCCNC(=O)CCc1nnc(-c2ccc(OC(C)C)cc2)[nH]c1=O. The van der Waals surface area contributed by atoms with Gasteiger partial charge in [0.1, 0.15) is 11.4 Å². The van der Waals surface area contributed by atoms with Gasteiger partial charge in [0.15, 0.2) is 5.82 Å². The Kier molecular flexibility index (Phi) is 7.94. The molecule has 0 spiro atoms. The van der Waals surface area contributed by atoms with Gasteiger partial charge in [-0.25, -0.2) is 0 Å². The second-order valence-electron chi connectivity index (χ2n) is 6.34. The van der Waals surface area contributed by atoms with Crippen LogP contribution in [0.3, 0.4) is 0 Å². The van der Waals surface area contributed by atoms with Crippen molar-refractivity contribution in [2.75, 3.05) is 20.3 Å². The van der Waals surface area contributed by atoms with Crippen LogP contribution in [0, 0.1) is 0 Å². The van der Waals surface area contributed by atoms with E-state index >= 15 is 0 Å². The van der Waals surface area contributed by atoms with Crippen LogP contribution in [0.2, 0.25) is 0 Å². The molecule has 27 heavy (non-hydrogen) atoms. The van der Waals surface area contributed by atoms with Gasteiger partial charge in [-0.3, -0.25) is 9.59 Å². The number of carbonyl (C=O) groups excluding carboxylic acids is 1. The fourth-order valence-electron chi connectivity index (χ4n) is 2.38. The normalized spacial score (nSPS) is 10.8. The smallest absolute Gasteiger partial charge is 0.273 e. The van der Waals surface area contributed by atoms with Crippen LogP contribution in [0.4, 0.5) is 0 Å². The molecule has 0 aliphatic rings. The Morgan fingerprint density at radius 3 is 2.59 bits per heavy atom. The number of aryl methyl sites for hydroxylation is 1. The molecule has 1 amide bonds. The van der Waals surface area contributed by atoms with Crippen molar-refractivity contribution in [3.63, 3.8) is 0 Å². The van der Waals surface area contributed by atoms with Crippen molar-refractivity contribution in [1.82, 2.24) is 20.5 Å². The van der Waals surface area contributed by atoms with Gasteiger partial charge in [-0.1, -0.05) is 0 Å². The van der Waals surface area contributed by atoms with Gasteiger partial charge in [-0.2, -0.15) is 0 Å². The van der Waals surface area contributed by atoms with Gasteiger partial charge in [0.05, 0.1) is 6.10 Å². The van der Waals surface area contributed by atoms with Crippen LogP contribution < -0.4 is 15.6 Å². The van der Waals surface area contributed by atoms with E-state index in [1.54, 1.807) is 7.11 Å². The van der Waals surface area contributed by atoms with Gasteiger partial charge in [0.2, 0.25) is 5.91 Å². The number of nitrogens with zero attached hydrogens (tertiary/aromatic N) is 2. The van der Waals surface area contributed by atoms with E-state index in [-0.39, 0.29) is 36.1 Å². The van der Waals surface area contributed by atoms with E-state index in [2.05, 4.69) is 20.5 Å². The number of hydrogen-bond donors (Lipinski definition) is 2. The standard InChI is InChI=1S/C19H26N4O4/c1-13(2)27-15-7-5-14(6-8-15)18-21-19(25)16(22-23-18)9-10-17(24)20-11-4-12-26-3/h5-8,13H,4,9-12H2,1-3H3,(H,20,24)(H,21,23,25). The van der Waals surface area contributed by atoms with Crippen molar-refractivity contribution < 1.29 is 14.3 Å². The lowest BCUT2D eigenvalue weighted by Gasteiger charge is -2.09. The molecule has 1 heterocycles. The summed E-state index contributed by atoms with van der Waals surface area (Å²) >= 11 is 0. The van der Waals surface area contributed by atoms with E-state index in [1.165, 1.54) is 0 Å². The predicted molar refractivity (Wildman–Crippen MR) is 102 cm³/mol. The molecule has 2 rings (SSSR count). The zero-order valence-corrected chi connectivity index (χ0v) is 15.9. The number of aromatic nitrogens is 3. The van der Waals surface area contributed by atoms with E-state index in [0.717, 1.165) is 17.7 Å². The maximum absolute atomic E-state index is 12.2. The number of H-pyrrole nitrogens is 1. The van der Waals surface area contributed by atoms with E-state index in [1.807, 2.05) is 38.1 Å². The molecule has 2 aromatic rings. The second-order valence-corrected chi connectivity index (χ2v) is 6.34. The first-order chi connectivity index (χ1) is 13.0. The number of amides is 1. The summed E-state index contributed by atoms with van der Waals surface area (Å²) in [4.78, 5) is 26.7. The third-order valence-corrected chi connectivity index (χ3v) is 3.70. The van der Waals surface area contributed by atoms with Gasteiger partial charge >= 0.3 is 0 Å². The van der Waals surface area contributed by atoms with Crippen LogP contribution in [0.15, 0.2) is 29.1 Å². The first kappa shape index (κ1) is 20.6. The Morgan fingerprint density at radius 1 is 1.22 bits per heavy atom. The van der Waals surface area contributed by atoms with Crippen LogP contribution >= 0.6 is 0 Å². The average molecular weight is 374 g/mol. The summed E-state index contributed by atoms with van der Waals surface area (Å²) in [5, 5.41) is 10.8. The molecule has 0 unspecified atom stereocenters. The third kappa shape index (κ3) is 6.82. The predicted octanol–water partition coefficient (Wildman–Crippen LogP) is 1.70. The van der Waals surface area contributed by atoms with E-state index in [4.69, 9.17) is 9.47 Å². The monoisotopic (exact) mass is 374 g/mol. The van der Waals surface area contributed by atoms with Crippen molar-refractivity contribution in [1.29, 1.82) is 0 Å². The van der Waals surface area contributed by atoms with E-state index < -0.39 is 0 Å². The summed E-state index contributed by atoms with van der Waals surface area (Å²) < 4.78 is 10.5. The summed E-state index contributed by atoms with van der Waals surface area (Å²) in [7, 11) is 1.62. The van der Waals surface area contributed by atoms with Crippen molar-refractivity contribution in [2.24, 2.45) is 0 Å². The number of hydrogen-bond acceptors (Lipinski definition) is 6. The maximum Gasteiger partial charge on any atom is 0.273 e. The topological polar surface area (TPSA) is 106 Å². The molecule has 0 atom stereocenters. The zero-order valence-electron chi connectivity index (χ0n) is 15.9. The lowest BCUT2D eigenvalue weighted by atomic mass is 10.2. The summed E-state index contributed by atoms with van der Waals surface area (Å²) in [5.74, 6) is 0.998. The van der Waals surface area contributed by atoms with Gasteiger partial charge in [-0.15, -0.1) is 10.2 Å². The Labute approximate surface area is 158 Å². The molecule has 0 bridgehead atoms. The lowest BCUT2D eigenvalue weighted by Crippen LogP contribution is -2.27. The highest BCUT2D eigenvalue weighted by molar-refractivity contribution is 5.76. The highest BCUT2D eigenvalue weighted by Gasteiger charge is 2.09. The Morgan fingerprint density at radius 2 is 1.96 bits per heavy atom. The van der Waals surface area contributed by atoms with Gasteiger partial charge < -0.3 is 19.8 Å². The van der Waals surface area contributed by atoms with Gasteiger partial charge in [0, 0.05) is 38.7 Å². The molecular weight excluding hydrogens is 348 g/mol. The molecule has 0 saturated heterocycles. The number of nitrogens with one attached hydrogen (secondary N) is 2. The maximum atomic E-state index is 12.2. The van der Waals surface area contributed by atoms with Crippen LogP contribution in [0.5, 0.6) is 5.75 Å². The van der Waals surface area contributed by atoms with Crippen LogP contribution in [-0.2, 0) is 16.0 Å². The number of methoxy groups -OCH3 is 1. The average Bonchev–Trinajstić information content (AvgIpc) is 2.64. The molecule has 0 saturated carbocycles. The first-order valence-corrected chi connectivity index (χ1v) is 8.98. The third-order valence-electron chi connectivity index (χ3n) is 3.70. The first-order valence-electron chi connectivity index (χ1n) is 8.98. The molecule has 0 fully saturated rings. The largest absolute Gasteiger partial charge is 0.491 e. The molecule has 0 radical (unpaired) electrons. The Balaban J connectivity index is 1.93.